The fourth-order valence-electron chi connectivity index (χ4n) is 2.46. The van der Waals surface area contributed by atoms with Crippen LogP contribution in [0.5, 0.6) is 0 Å². The molecule has 0 aliphatic carbocycles. The molecular formula is C15H19N5O4S. The van der Waals surface area contributed by atoms with Crippen molar-refractivity contribution < 1.29 is 17.9 Å². The van der Waals surface area contributed by atoms with Crippen LogP contribution in [0.1, 0.15) is 19.8 Å². The lowest BCUT2D eigenvalue weighted by Gasteiger charge is -2.14. The van der Waals surface area contributed by atoms with Gasteiger partial charge in [-0.1, -0.05) is 6.07 Å². The second-order valence-electron chi connectivity index (χ2n) is 5.75. The molecule has 10 heteroatoms. The molecule has 2 aromatic heterocycles. The van der Waals surface area contributed by atoms with Gasteiger partial charge in [0.05, 0.1) is 6.10 Å². The van der Waals surface area contributed by atoms with Gasteiger partial charge in [-0.2, -0.15) is 10.1 Å². The van der Waals surface area contributed by atoms with Crippen molar-refractivity contribution in [1.82, 2.24) is 25.5 Å². The predicted octanol–water partition coefficient (Wildman–Crippen LogP) is 0.324. The first kappa shape index (κ1) is 17.5. The SMILES string of the molecule is C[C@H](C(=O)NC[C@H]1CCCO1)S(=O)(=O)c1nc(-c2ccccn2)n[nH]1. The van der Waals surface area contributed by atoms with Crippen molar-refractivity contribution in [2.45, 2.75) is 36.3 Å². The Hall–Kier alpha value is -2.33. The molecule has 2 atom stereocenters. The minimum absolute atomic E-state index is 0.0557. The third-order valence-electron chi connectivity index (χ3n) is 3.99. The number of sulfone groups is 1. The van der Waals surface area contributed by atoms with Crippen LogP contribution in [0.3, 0.4) is 0 Å². The van der Waals surface area contributed by atoms with E-state index in [1.165, 1.54) is 6.92 Å². The summed E-state index contributed by atoms with van der Waals surface area (Å²) < 4.78 is 30.5. The highest BCUT2D eigenvalue weighted by Gasteiger charge is 2.33. The van der Waals surface area contributed by atoms with E-state index >= 15 is 0 Å². The van der Waals surface area contributed by atoms with E-state index in [0.29, 0.717) is 18.8 Å². The van der Waals surface area contributed by atoms with Crippen molar-refractivity contribution in [1.29, 1.82) is 0 Å². The number of H-pyrrole nitrogens is 1. The predicted molar refractivity (Wildman–Crippen MR) is 88.2 cm³/mol. The molecule has 2 aromatic rings. The van der Waals surface area contributed by atoms with Crippen LogP contribution in [0.2, 0.25) is 0 Å². The lowest BCUT2D eigenvalue weighted by Crippen LogP contribution is -2.41. The number of ether oxygens (including phenoxy) is 1. The molecule has 1 fully saturated rings. The van der Waals surface area contributed by atoms with Crippen molar-refractivity contribution in [3.8, 4) is 11.5 Å². The standard InChI is InChI=1S/C15H19N5O4S/c1-10(14(21)17-9-11-5-4-8-24-11)25(22,23)15-18-13(19-20-15)12-6-2-3-7-16-12/h2-3,6-7,10-11H,4-5,8-9H2,1H3,(H,17,21)(H,18,19,20)/t10-,11-/m1/s1. The maximum Gasteiger partial charge on any atom is 0.244 e. The lowest BCUT2D eigenvalue weighted by atomic mass is 10.2. The fourth-order valence-corrected chi connectivity index (χ4v) is 3.54. The van der Waals surface area contributed by atoms with Gasteiger partial charge in [-0.05, 0) is 31.9 Å². The molecule has 3 heterocycles. The number of amides is 1. The van der Waals surface area contributed by atoms with Crippen LogP contribution in [-0.4, -0.2) is 59.0 Å². The van der Waals surface area contributed by atoms with Crippen LogP contribution in [0.15, 0.2) is 29.6 Å². The Morgan fingerprint density at radius 2 is 2.32 bits per heavy atom. The van der Waals surface area contributed by atoms with Crippen LogP contribution in [0.25, 0.3) is 11.5 Å². The molecule has 0 aromatic carbocycles. The van der Waals surface area contributed by atoms with E-state index in [-0.39, 0.29) is 17.1 Å². The monoisotopic (exact) mass is 365 g/mol. The smallest absolute Gasteiger partial charge is 0.244 e. The summed E-state index contributed by atoms with van der Waals surface area (Å²) in [6.45, 7) is 2.29. The minimum Gasteiger partial charge on any atom is -0.376 e. The molecule has 1 saturated heterocycles. The Bertz CT molecular complexity index is 831. The van der Waals surface area contributed by atoms with Gasteiger partial charge < -0.3 is 10.1 Å². The van der Waals surface area contributed by atoms with Gasteiger partial charge >= 0.3 is 0 Å². The van der Waals surface area contributed by atoms with Crippen LogP contribution in [-0.2, 0) is 19.4 Å². The van der Waals surface area contributed by atoms with E-state index in [2.05, 4.69) is 25.5 Å². The summed E-state index contributed by atoms with van der Waals surface area (Å²) in [6, 6.07) is 5.14. The van der Waals surface area contributed by atoms with Gasteiger partial charge in [-0.3, -0.25) is 9.78 Å². The van der Waals surface area contributed by atoms with Gasteiger partial charge in [0, 0.05) is 19.3 Å². The summed E-state index contributed by atoms with van der Waals surface area (Å²) in [4.78, 5) is 20.2. The number of pyridine rings is 1. The topological polar surface area (TPSA) is 127 Å². The number of nitrogens with one attached hydrogen (secondary N) is 2. The average Bonchev–Trinajstić information content (AvgIpc) is 3.31. The number of nitrogens with zero attached hydrogens (tertiary/aromatic N) is 3. The van der Waals surface area contributed by atoms with Crippen LogP contribution in [0.4, 0.5) is 0 Å². The van der Waals surface area contributed by atoms with Crippen LogP contribution >= 0.6 is 0 Å². The fraction of sp³-hybridized carbons (Fsp3) is 0.467. The summed E-state index contributed by atoms with van der Waals surface area (Å²) in [7, 11) is -3.98. The second kappa shape index (κ2) is 7.28. The van der Waals surface area contributed by atoms with Crippen molar-refractivity contribution in [2.24, 2.45) is 0 Å². The molecule has 25 heavy (non-hydrogen) atoms. The molecule has 1 aliphatic rings. The first-order chi connectivity index (χ1) is 12.0. The molecular weight excluding hydrogens is 346 g/mol. The Balaban J connectivity index is 1.70. The number of hydrogen-bond donors (Lipinski definition) is 2. The zero-order valence-corrected chi connectivity index (χ0v) is 14.5. The number of carbonyl (C=O) groups excluding carboxylic acids is 1. The molecule has 1 aliphatic heterocycles. The van der Waals surface area contributed by atoms with E-state index < -0.39 is 21.0 Å². The number of hydrogen-bond acceptors (Lipinski definition) is 7. The Morgan fingerprint density at radius 1 is 1.48 bits per heavy atom. The highest BCUT2D eigenvalue weighted by molar-refractivity contribution is 7.92. The molecule has 0 spiro atoms. The Morgan fingerprint density at radius 3 is 3.00 bits per heavy atom. The summed E-state index contributed by atoms with van der Waals surface area (Å²) in [5, 5.41) is 7.23. The van der Waals surface area contributed by atoms with Crippen LogP contribution in [0, 0.1) is 0 Å². The Kier molecular flexibility index (Phi) is 5.09. The number of aromatic nitrogens is 4. The number of rotatable bonds is 6. The summed E-state index contributed by atoms with van der Waals surface area (Å²) in [5.41, 5.74) is 0.440. The van der Waals surface area contributed by atoms with Crippen LogP contribution < -0.4 is 5.32 Å². The first-order valence-corrected chi connectivity index (χ1v) is 9.50. The molecule has 0 saturated carbocycles. The van der Waals surface area contributed by atoms with Crippen molar-refractivity contribution >= 4 is 15.7 Å². The summed E-state index contributed by atoms with van der Waals surface area (Å²) in [6.07, 6.45) is 3.31. The quantitative estimate of drug-likeness (QED) is 0.755. The first-order valence-electron chi connectivity index (χ1n) is 7.95. The molecule has 9 nitrogen and oxygen atoms in total. The number of carbonyl (C=O) groups is 1. The third kappa shape index (κ3) is 3.85. The molecule has 0 bridgehead atoms. The zero-order valence-electron chi connectivity index (χ0n) is 13.7. The second-order valence-corrected chi connectivity index (χ2v) is 7.93. The maximum absolute atomic E-state index is 12.6. The van der Waals surface area contributed by atoms with E-state index in [9.17, 15) is 13.2 Å². The largest absolute Gasteiger partial charge is 0.376 e. The van der Waals surface area contributed by atoms with Gasteiger partial charge in [0.1, 0.15) is 10.9 Å². The van der Waals surface area contributed by atoms with E-state index in [4.69, 9.17) is 4.74 Å². The highest BCUT2D eigenvalue weighted by Crippen LogP contribution is 2.17. The van der Waals surface area contributed by atoms with E-state index in [1.807, 2.05) is 0 Å². The van der Waals surface area contributed by atoms with Gasteiger partial charge in [0.25, 0.3) is 0 Å². The van der Waals surface area contributed by atoms with Gasteiger partial charge in [0.15, 0.2) is 0 Å². The highest BCUT2D eigenvalue weighted by atomic mass is 32.2. The van der Waals surface area contributed by atoms with Gasteiger partial charge in [-0.15, -0.1) is 0 Å². The van der Waals surface area contributed by atoms with E-state index in [1.54, 1.807) is 24.4 Å². The normalized spacial score (nSPS) is 18.8. The lowest BCUT2D eigenvalue weighted by molar-refractivity contribution is -0.120. The molecule has 0 radical (unpaired) electrons. The molecule has 2 N–H and O–H groups in total. The van der Waals surface area contributed by atoms with Crippen molar-refractivity contribution in [2.75, 3.05) is 13.2 Å². The Labute approximate surface area is 145 Å². The number of aromatic amines is 1. The van der Waals surface area contributed by atoms with Crippen molar-refractivity contribution in [3.63, 3.8) is 0 Å². The molecule has 1 amide bonds. The average molecular weight is 365 g/mol. The minimum atomic E-state index is -3.98. The molecule has 3 rings (SSSR count). The van der Waals surface area contributed by atoms with Gasteiger partial charge in [0.2, 0.25) is 26.7 Å². The van der Waals surface area contributed by atoms with Gasteiger partial charge in [-0.25, -0.2) is 13.5 Å². The molecule has 134 valence electrons. The van der Waals surface area contributed by atoms with E-state index in [0.717, 1.165) is 12.8 Å². The molecule has 0 unspecified atom stereocenters. The van der Waals surface area contributed by atoms with Crippen molar-refractivity contribution in [3.05, 3.63) is 24.4 Å². The third-order valence-corrected chi connectivity index (χ3v) is 5.86. The maximum atomic E-state index is 12.6. The zero-order chi connectivity index (χ0) is 17.9. The summed E-state index contributed by atoms with van der Waals surface area (Å²) in [5.74, 6) is -0.433. The summed E-state index contributed by atoms with van der Waals surface area (Å²) >= 11 is 0.